The number of thioether (sulfide) groups is 1. The van der Waals surface area contributed by atoms with Crippen LogP contribution in [0.2, 0.25) is 0 Å². The molecule has 0 aromatic rings. The number of fused-ring (bicyclic) bond motifs is 1. The maximum absolute atomic E-state index is 12.9. The molecule has 186 valence electrons. The van der Waals surface area contributed by atoms with Crippen LogP contribution >= 0.6 is 11.8 Å². The lowest BCUT2D eigenvalue weighted by Crippen LogP contribution is -2.65. The van der Waals surface area contributed by atoms with E-state index < -0.39 is 41.0 Å². The van der Waals surface area contributed by atoms with Gasteiger partial charge in [0, 0.05) is 24.4 Å². The minimum Gasteiger partial charge on any atom is -0.427 e. The number of nitrogens with zero attached hydrogens (tertiary/aromatic N) is 3. The van der Waals surface area contributed by atoms with E-state index in [2.05, 4.69) is 9.89 Å². The van der Waals surface area contributed by atoms with Crippen molar-refractivity contribution in [2.75, 3.05) is 33.0 Å². The Morgan fingerprint density at radius 3 is 2.52 bits per heavy atom. The van der Waals surface area contributed by atoms with Gasteiger partial charge in [-0.15, -0.1) is 11.8 Å². The molecular formula is C22H36N4O6S. The van der Waals surface area contributed by atoms with Gasteiger partial charge in [-0.05, 0) is 47.5 Å². The minimum atomic E-state index is -0.754. The van der Waals surface area contributed by atoms with Crippen molar-refractivity contribution in [1.29, 1.82) is 0 Å². The van der Waals surface area contributed by atoms with E-state index in [1.54, 1.807) is 32.0 Å². The number of carbonyl (C=O) groups excluding carboxylic acids is 3. The van der Waals surface area contributed by atoms with Crippen molar-refractivity contribution in [3.05, 3.63) is 0 Å². The molecule has 3 fully saturated rings. The standard InChI is InChI=1S/C22H36N4O6S/c1-21(2,3)20(29)32-13-31-19(28)16-22(4,5)33-18-15(17(27)26(16)18)24-12-25-9-6-14(7-10-25)30-11-8-23/h12,14-16,18H,6-11,13,23H2,1-5H3/t15-,16+,18-/m1/s1. The number of amides is 1. The summed E-state index contributed by atoms with van der Waals surface area (Å²) in [5.74, 6) is -1.23. The number of nitrogens with two attached hydrogens (primary N) is 1. The highest BCUT2D eigenvalue weighted by molar-refractivity contribution is 8.01. The average Bonchev–Trinajstić information content (AvgIpc) is 3.00. The highest BCUT2D eigenvalue weighted by Crippen LogP contribution is 2.51. The zero-order valence-corrected chi connectivity index (χ0v) is 20.9. The van der Waals surface area contributed by atoms with Crippen LogP contribution in [0.1, 0.15) is 47.5 Å². The average molecular weight is 485 g/mol. The molecule has 0 unspecified atom stereocenters. The van der Waals surface area contributed by atoms with Crippen molar-refractivity contribution in [3.63, 3.8) is 0 Å². The van der Waals surface area contributed by atoms with Gasteiger partial charge >= 0.3 is 11.9 Å². The zero-order valence-electron chi connectivity index (χ0n) is 20.1. The number of carbonyl (C=O) groups is 3. The highest BCUT2D eigenvalue weighted by Gasteiger charge is 2.64. The highest BCUT2D eigenvalue weighted by atomic mass is 32.2. The predicted octanol–water partition coefficient (Wildman–Crippen LogP) is 0.975. The fourth-order valence-corrected chi connectivity index (χ4v) is 5.72. The second-order valence-electron chi connectivity index (χ2n) is 10.1. The summed E-state index contributed by atoms with van der Waals surface area (Å²) in [5.41, 5.74) is 4.80. The van der Waals surface area contributed by atoms with E-state index in [1.807, 2.05) is 13.8 Å². The Kier molecular flexibility index (Phi) is 7.95. The summed E-state index contributed by atoms with van der Waals surface area (Å²) in [4.78, 5) is 45.7. The lowest BCUT2D eigenvalue weighted by molar-refractivity contribution is -0.179. The number of rotatable bonds is 8. The first-order chi connectivity index (χ1) is 15.5. The summed E-state index contributed by atoms with van der Waals surface area (Å²) in [6.07, 6.45) is 3.77. The number of hydrogen-bond acceptors (Lipinski definition) is 9. The SMILES string of the molecule is CC(C)(C)C(=O)OCOC(=O)[C@@H]1N2C(=O)[C@@H](N=CN3CCC(OCCN)CC3)[C@H]2SC1(C)C. The first kappa shape index (κ1) is 25.8. The predicted molar refractivity (Wildman–Crippen MR) is 124 cm³/mol. The fraction of sp³-hybridized carbons (Fsp3) is 0.818. The lowest BCUT2D eigenvalue weighted by Gasteiger charge is -2.42. The Morgan fingerprint density at radius 1 is 1.24 bits per heavy atom. The van der Waals surface area contributed by atoms with Gasteiger partial charge in [0.1, 0.15) is 11.4 Å². The third kappa shape index (κ3) is 5.81. The number of β-lactam (4-membered cyclic amide) rings is 1. The number of ether oxygens (including phenoxy) is 3. The van der Waals surface area contributed by atoms with E-state index in [1.165, 1.54) is 11.8 Å². The number of aliphatic imine (C=N–C) groups is 1. The first-order valence-corrected chi connectivity index (χ1v) is 12.3. The molecule has 2 N–H and O–H groups in total. The van der Waals surface area contributed by atoms with Gasteiger partial charge in [-0.3, -0.25) is 14.6 Å². The smallest absolute Gasteiger partial charge is 0.333 e. The Balaban J connectivity index is 1.52. The molecule has 0 spiro atoms. The van der Waals surface area contributed by atoms with Crippen LogP contribution in [0.3, 0.4) is 0 Å². The zero-order chi connectivity index (χ0) is 24.4. The van der Waals surface area contributed by atoms with E-state index in [0.717, 1.165) is 25.9 Å². The van der Waals surface area contributed by atoms with Crippen molar-refractivity contribution in [2.24, 2.45) is 16.1 Å². The third-order valence-electron chi connectivity index (χ3n) is 5.98. The molecule has 3 aliphatic rings. The molecule has 3 heterocycles. The summed E-state index contributed by atoms with van der Waals surface area (Å²) in [6, 6.07) is -1.27. The van der Waals surface area contributed by atoms with E-state index in [9.17, 15) is 14.4 Å². The molecule has 0 bridgehead atoms. The van der Waals surface area contributed by atoms with Gasteiger partial charge in [-0.2, -0.15) is 0 Å². The molecule has 3 atom stereocenters. The molecule has 0 saturated carbocycles. The Bertz CT molecular complexity index is 775. The van der Waals surface area contributed by atoms with Crippen LogP contribution < -0.4 is 5.73 Å². The summed E-state index contributed by atoms with van der Waals surface area (Å²) in [5, 5.41) is -0.219. The molecule has 1 amide bonds. The number of esters is 2. The molecule has 0 aromatic heterocycles. The van der Waals surface area contributed by atoms with Crippen LogP contribution in [-0.4, -0.2) is 95.3 Å². The van der Waals surface area contributed by atoms with Crippen molar-refractivity contribution >= 4 is 35.9 Å². The van der Waals surface area contributed by atoms with Gasteiger partial charge in [0.05, 0.1) is 24.5 Å². The fourth-order valence-electron chi connectivity index (χ4n) is 4.11. The largest absolute Gasteiger partial charge is 0.427 e. The minimum absolute atomic E-state index is 0.191. The number of piperidine rings is 1. The van der Waals surface area contributed by atoms with Crippen molar-refractivity contribution < 1.29 is 28.6 Å². The molecule has 33 heavy (non-hydrogen) atoms. The summed E-state index contributed by atoms with van der Waals surface area (Å²) < 4.78 is 15.4. The number of hydrogen-bond donors (Lipinski definition) is 1. The Labute approximate surface area is 199 Å². The molecule has 0 radical (unpaired) electrons. The topological polar surface area (TPSA) is 124 Å². The lowest BCUT2D eigenvalue weighted by atomic mass is 9.96. The van der Waals surface area contributed by atoms with E-state index in [0.29, 0.717) is 13.2 Å². The second-order valence-corrected chi connectivity index (χ2v) is 11.9. The molecule has 3 aliphatic heterocycles. The van der Waals surface area contributed by atoms with Crippen LogP contribution in [0, 0.1) is 5.41 Å². The van der Waals surface area contributed by atoms with Gasteiger partial charge in [0.15, 0.2) is 6.04 Å². The van der Waals surface area contributed by atoms with Crippen LogP contribution in [-0.2, 0) is 28.6 Å². The Morgan fingerprint density at radius 2 is 1.91 bits per heavy atom. The first-order valence-electron chi connectivity index (χ1n) is 11.4. The van der Waals surface area contributed by atoms with Crippen molar-refractivity contribution in [3.8, 4) is 0 Å². The molecule has 3 rings (SSSR count). The maximum atomic E-state index is 12.9. The molecule has 11 heteroatoms. The summed E-state index contributed by atoms with van der Waals surface area (Å²) >= 11 is 1.54. The monoisotopic (exact) mass is 484 g/mol. The van der Waals surface area contributed by atoms with Crippen LogP contribution in [0.4, 0.5) is 0 Å². The van der Waals surface area contributed by atoms with Crippen molar-refractivity contribution in [1.82, 2.24) is 9.80 Å². The molecule has 10 nitrogen and oxygen atoms in total. The van der Waals surface area contributed by atoms with Gasteiger partial charge in [0.2, 0.25) is 6.79 Å². The van der Waals surface area contributed by atoms with E-state index in [4.69, 9.17) is 19.9 Å². The Hall–Kier alpha value is -1.85. The quantitative estimate of drug-likeness (QED) is 0.176. The second kappa shape index (κ2) is 10.2. The molecular weight excluding hydrogens is 448 g/mol. The molecule has 3 saturated heterocycles. The normalized spacial score (nSPS) is 27.5. The molecule has 0 aliphatic carbocycles. The van der Waals surface area contributed by atoms with Crippen LogP contribution in [0.5, 0.6) is 0 Å². The maximum Gasteiger partial charge on any atom is 0.333 e. The van der Waals surface area contributed by atoms with Gasteiger partial charge < -0.3 is 29.7 Å². The van der Waals surface area contributed by atoms with Gasteiger partial charge in [-0.1, -0.05) is 0 Å². The van der Waals surface area contributed by atoms with Crippen molar-refractivity contribution in [2.45, 2.75) is 75.8 Å². The van der Waals surface area contributed by atoms with Crippen LogP contribution in [0.15, 0.2) is 4.99 Å². The van der Waals surface area contributed by atoms with Crippen LogP contribution in [0.25, 0.3) is 0 Å². The number of likely N-dealkylation sites (tertiary alicyclic amines) is 1. The third-order valence-corrected chi connectivity index (χ3v) is 7.54. The molecule has 0 aromatic carbocycles. The van der Waals surface area contributed by atoms with E-state index in [-0.39, 0.29) is 17.4 Å². The van der Waals surface area contributed by atoms with Gasteiger partial charge in [0.25, 0.3) is 5.91 Å². The summed E-state index contributed by atoms with van der Waals surface area (Å²) in [7, 11) is 0. The van der Waals surface area contributed by atoms with Gasteiger partial charge in [-0.25, -0.2) is 4.79 Å². The van der Waals surface area contributed by atoms with E-state index >= 15 is 0 Å². The summed E-state index contributed by atoms with van der Waals surface area (Å²) in [6.45, 7) is 11.2.